The van der Waals surface area contributed by atoms with Gasteiger partial charge in [-0.1, -0.05) is 62.9 Å². The van der Waals surface area contributed by atoms with Crippen LogP contribution >= 0.6 is 0 Å². The molecule has 7 nitrogen and oxygen atoms in total. The number of carbonyl (C=O) groups excluding carboxylic acids is 2. The number of likely N-dealkylation sites (tertiary alicyclic amines) is 1. The third-order valence-electron chi connectivity index (χ3n) is 9.71. The van der Waals surface area contributed by atoms with Crippen LogP contribution in [0.2, 0.25) is 0 Å². The lowest BCUT2D eigenvalue weighted by molar-refractivity contribution is -0.135. The SMILES string of the molecule is CCCCCN1CC(C(=O)N[C@@H](Cc2cc(F)cc(F)c2)[C@H](O)[C@H]2C[C@@H](OCc3ccccc3)CN2)C(C2CCCC2)C1=O. The zero-order valence-electron chi connectivity index (χ0n) is 25.7. The van der Waals surface area contributed by atoms with Gasteiger partial charge in [0, 0.05) is 31.7 Å². The van der Waals surface area contributed by atoms with Gasteiger partial charge < -0.3 is 25.4 Å². The van der Waals surface area contributed by atoms with Crippen molar-refractivity contribution in [2.24, 2.45) is 17.8 Å². The van der Waals surface area contributed by atoms with Crippen LogP contribution in [0, 0.1) is 29.4 Å². The quantitative estimate of drug-likeness (QED) is 0.268. The minimum Gasteiger partial charge on any atom is -0.389 e. The van der Waals surface area contributed by atoms with Crippen LogP contribution in [0.5, 0.6) is 0 Å². The van der Waals surface area contributed by atoms with Crippen molar-refractivity contribution in [1.29, 1.82) is 0 Å². The van der Waals surface area contributed by atoms with E-state index in [1.807, 2.05) is 35.2 Å². The smallest absolute Gasteiger partial charge is 0.226 e. The number of hydrogen-bond donors (Lipinski definition) is 3. The minimum atomic E-state index is -1.04. The van der Waals surface area contributed by atoms with E-state index in [1.165, 1.54) is 12.1 Å². The predicted molar refractivity (Wildman–Crippen MR) is 164 cm³/mol. The van der Waals surface area contributed by atoms with Crippen molar-refractivity contribution in [3.63, 3.8) is 0 Å². The third kappa shape index (κ3) is 8.23. The molecule has 2 aromatic rings. The number of nitrogens with one attached hydrogen (secondary N) is 2. The Hall–Kier alpha value is -2.88. The molecule has 2 aliphatic heterocycles. The highest BCUT2D eigenvalue weighted by Gasteiger charge is 2.49. The molecule has 0 radical (unpaired) electrons. The molecule has 2 saturated heterocycles. The number of ether oxygens (including phenoxy) is 1. The summed E-state index contributed by atoms with van der Waals surface area (Å²) in [7, 11) is 0. The first-order valence-electron chi connectivity index (χ1n) is 16.4. The van der Waals surface area contributed by atoms with Crippen LogP contribution in [0.25, 0.3) is 0 Å². The Morgan fingerprint density at radius 2 is 1.82 bits per heavy atom. The molecule has 0 spiro atoms. The third-order valence-corrected chi connectivity index (χ3v) is 9.71. The van der Waals surface area contributed by atoms with Gasteiger partial charge in [0.25, 0.3) is 0 Å². The van der Waals surface area contributed by atoms with Crippen molar-refractivity contribution < 1.29 is 28.2 Å². The number of hydrogen-bond acceptors (Lipinski definition) is 5. The molecule has 6 atom stereocenters. The molecule has 3 fully saturated rings. The average molecular weight is 612 g/mol. The largest absolute Gasteiger partial charge is 0.389 e. The van der Waals surface area contributed by atoms with Crippen LogP contribution in [0.15, 0.2) is 48.5 Å². The summed E-state index contributed by atoms with van der Waals surface area (Å²) < 4.78 is 34.4. The summed E-state index contributed by atoms with van der Waals surface area (Å²) in [6, 6.07) is 11.9. The highest BCUT2D eigenvalue weighted by molar-refractivity contribution is 5.91. The second-order valence-electron chi connectivity index (χ2n) is 12.9. The molecule has 9 heteroatoms. The molecule has 44 heavy (non-hydrogen) atoms. The summed E-state index contributed by atoms with van der Waals surface area (Å²) in [5, 5.41) is 18.0. The van der Waals surface area contributed by atoms with Crippen LogP contribution < -0.4 is 10.6 Å². The predicted octanol–water partition coefficient (Wildman–Crippen LogP) is 4.76. The summed E-state index contributed by atoms with van der Waals surface area (Å²) in [5.74, 6) is -2.35. The van der Waals surface area contributed by atoms with Crippen LogP contribution in [0.3, 0.4) is 0 Å². The number of aliphatic hydroxyl groups is 1. The van der Waals surface area contributed by atoms with Crippen molar-refractivity contribution in [3.8, 4) is 0 Å². The highest BCUT2D eigenvalue weighted by atomic mass is 19.1. The topological polar surface area (TPSA) is 90.9 Å². The fourth-order valence-corrected chi connectivity index (χ4v) is 7.39. The van der Waals surface area contributed by atoms with Crippen molar-refractivity contribution in [1.82, 2.24) is 15.5 Å². The summed E-state index contributed by atoms with van der Waals surface area (Å²) in [6.07, 6.45) is 6.37. The number of carbonyl (C=O) groups is 2. The monoisotopic (exact) mass is 611 g/mol. The van der Waals surface area contributed by atoms with Gasteiger partial charge in [-0.3, -0.25) is 9.59 Å². The first-order valence-corrected chi connectivity index (χ1v) is 16.4. The fourth-order valence-electron chi connectivity index (χ4n) is 7.39. The van der Waals surface area contributed by atoms with E-state index in [9.17, 15) is 23.5 Å². The lowest BCUT2D eigenvalue weighted by Crippen LogP contribution is -2.54. The number of halogens is 2. The van der Waals surface area contributed by atoms with E-state index in [0.29, 0.717) is 38.2 Å². The van der Waals surface area contributed by atoms with Crippen LogP contribution in [-0.2, 0) is 27.4 Å². The van der Waals surface area contributed by atoms with Crippen LogP contribution in [-0.4, -0.2) is 65.7 Å². The molecule has 2 amide bonds. The molecule has 2 heterocycles. The number of aliphatic hydroxyl groups excluding tert-OH is 1. The van der Waals surface area contributed by atoms with Gasteiger partial charge >= 0.3 is 0 Å². The number of benzene rings is 2. The maximum Gasteiger partial charge on any atom is 0.226 e. The van der Waals surface area contributed by atoms with E-state index >= 15 is 0 Å². The zero-order valence-corrected chi connectivity index (χ0v) is 25.7. The van der Waals surface area contributed by atoms with E-state index in [4.69, 9.17) is 4.74 Å². The van der Waals surface area contributed by atoms with Crippen LogP contribution in [0.4, 0.5) is 8.78 Å². The number of rotatable bonds is 14. The molecule has 1 aliphatic carbocycles. The normalized spacial score (nSPS) is 25.5. The van der Waals surface area contributed by atoms with E-state index in [-0.39, 0.29) is 42.2 Å². The van der Waals surface area contributed by atoms with E-state index in [2.05, 4.69) is 17.6 Å². The van der Waals surface area contributed by atoms with Crippen molar-refractivity contribution in [2.45, 2.75) is 95.6 Å². The maximum absolute atomic E-state index is 14.1. The number of nitrogens with zero attached hydrogens (tertiary/aromatic N) is 1. The molecule has 0 aromatic heterocycles. The fraction of sp³-hybridized carbons (Fsp3) is 0.600. The molecule has 2 unspecified atom stereocenters. The molecule has 2 aromatic carbocycles. The molecular weight excluding hydrogens is 564 g/mol. The Morgan fingerprint density at radius 1 is 1.09 bits per heavy atom. The van der Waals surface area contributed by atoms with Gasteiger partial charge in [-0.2, -0.15) is 0 Å². The molecule has 3 aliphatic rings. The molecule has 1 saturated carbocycles. The minimum absolute atomic E-state index is 0.0459. The average Bonchev–Trinajstić information content (AvgIpc) is 3.77. The Morgan fingerprint density at radius 3 is 2.52 bits per heavy atom. The first-order chi connectivity index (χ1) is 21.3. The summed E-state index contributed by atoms with van der Waals surface area (Å²) in [4.78, 5) is 29.5. The molecule has 240 valence electrons. The Bertz CT molecular complexity index is 1220. The Kier molecular flexibility index (Phi) is 11.4. The molecule has 3 N–H and O–H groups in total. The first kappa shape index (κ1) is 32.5. The lowest BCUT2D eigenvalue weighted by Gasteiger charge is -2.31. The van der Waals surface area contributed by atoms with Gasteiger partial charge in [-0.15, -0.1) is 0 Å². The van der Waals surface area contributed by atoms with Gasteiger partial charge in [0.2, 0.25) is 11.8 Å². The lowest BCUT2D eigenvalue weighted by atomic mass is 9.81. The summed E-state index contributed by atoms with van der Waals surface area (Å²) in [5.41, 5.74) is 1.40. The van der Waals surface area contributed by atoms with E-state index < -0.39 is 29.7 Å². The Labute approximate surface area is 259 Å². The van der Waals surface area contributed by atoms with Gasteiger partial charge in [-0.25, -0.2) is 8.78 Å². The number of amides is 2. The number of unbranched alkanes of at least 4 members (excludes halogenated alkanes) is 2. The van der Waals surface area contributed by atoms with E-state index in [1.54, 1.807) is 0 Å². The van der Waals surface area contributed by atoms with Crippen molar-refractivity contribution in [3.05, 3.63) is 71.3 Å². The van der Waals surface area contributed by atoms with E-state index in [0.717, 1.165) is 56.6 Å². The van der Waals surface area contributed by atoms with Gasteiger partial charge in [0.1, 0.15) is 11.6 Å². The molecular formula is C35H47F2N3O4. The van der Waals surface area contributed by atoms with Crippen LogP contribution in [0.1, 0.15) is 69.4 Å². The summed E-state index contributed by atoms with van der Waals surface area (Å²) in [6.45, 7) is 4.12. The highest BCUT2D eigenvalue weighted by Crippen LogP contribution is 2.40. The summed E-state index contributed by atoms with van der Waals surface area (Å²) >= 11 is 0. The van der Waals surface area contributed by atoms with Gasteiger partial charge in [0.15, 0.2) is 0 Å². The van der Waals surface area contributed by atoms with Gasteiger partial charge in [-0.05, 0) is 61.3 Å². The second-order valence-corrected chi connectivity index (χ2v) is 12.9. The molecule has 0 bridgehead atoms. The van der Waals surface area contributed by atoms with Crippen molar-refractivity contribution >= 4 is 11.8 Å². The van der Waals surface area contributed by atoms with Crippen molar-refractivity contribution in [2.75, 3.05) is 19.6 Å². The Balaban J connectivity index is 1.30. The zero-order chi connectivity index (χ0) is 31.1. The van der Waals surface area contributed by atoms with Gasteiger partial charge in [0.05, 0.1) is 36.7 Å². The maximum atomic E-state index is 14.1. The second kappa shape index (κ2) is 15.4. The standard InChI is InChI=1S/C35H47F2N3O4/c1-2-3-9-14-40-21-29(32(35(40)43)25-12-7-8-13-25)34(42)39-31(17-24-15-26(36)18-27(37)16-24)33(41)30-19-28(20-38-30)44-22-23-10-5-4-6-11-23/h4-6,10-11,15-16,18,25,28-33,38,41H,2-3,7-9,12-14,17,19-22H2,1H3,(H,39,42)/t28-,29?,30-,31+,32?,33-/m1/s1. The molecule has 5 rings (SSSR count).